The zero-order valence-corrected chi connectivity index (χ0v) is 8.71. The van der Waals surface area contributed by atoms with Crippen molar-refractivity contribution in [2.45, 2.75) is 13.0 Å². The molecule has 2 heterocycles. The Morgan fingerprint density at radius 1 is 1.64 bits per heavy atom. The number of morpholine rings is 1. The van der Waals surface area contributed by atoms with Crippen LogP contribution in [-0.2, 0) is 4.74 Å². The highest BCUT2D eigenvalue weighted by Crippen LogP contribution is 2.20. The van der Waals surface area contributed by atoms with Crippen LogP contribution < -0.4 is 5.32 Å². The molecule has 0 saturated carbocycles. The SMILES string of the molecule is Cc1cnc(Cl)c(C2COCCN2)n1. The number of hydrogen-bond donors (Lipinski definition) is 1. The first-order valence-corrected chi connectivity index (χ1v) is 4.95. The molecule has 1 saturated heterocycles. The van der Waals surface area contributed by atoms with Gasteiger partial charge in [0, 0.05) is 12.7 Å². The second-order valence-corrected chi connectivity index (χ2v) is 3.63. The fraction of sp³-hybridized carbons (Fsp3) is 0.556. The lowest BCUT2D eigenvalue weighted by Crippen LogP contribution is -2.35. The zero-order valence-electron chi connectivity index (χ0n) is 7.96. The predicted octanol–water partition coefficient (Wildman–Crippen LogP) is 1.10. The van der Waals surface area contributed by atoms with Crippen LogP contribution in [0.5, 0.6) is 0 Å². The van der Waals surface area contributed by atoms with Gasteiger partial charge in [-0.2, -0.15) is 0 Å². The lowest BCUT2D eigenvalue weighted by molar-refractivity contribution is 0.0755. The van der Waals surface area contributed by atoms with E-state index >= 15 is 0 Å². The summed E-state index contributed by atoms with van der Waals surface area (Å²) in [6, 6.07) is 0.0728. The lowest BCUT2D eigenvalue weighted by Gasteiger charge is -2.23. The summed E-state index contributed by atoms with van der Waals surface area (Å²) < 4.78 is 5.34. The molecule has 1 atom stereocenters. The number of halogens is 1. The van der Waals surface area contributed by atoms with Crippen LogP contribution >= 0.6 is 11.6 Å². The molecule has 1 aliphatic rings. The van der Waals surface area contributed by atoms with Crippen LogP contribution in [0.2, 0.25) is 5.15 Å². The van der Waals surface area contributed by atoms with Gasteiger partial charge in [0.1, 0.15) is 0 Å². The van der Waals surface area contributed by atoms with Crippen molar-refractivity contribution in [1.29, 1.82) is 0 Å². The summed E-state index contributed by atoms with van der Waals surface area (Å²) in [5, 5.41) is 3.75. The number of aromatic nitrogens is 2. The molecule has 0 amide bonds. The van der Waals surface area contributed by atoms with Crippen molar-refractivity contribution in [3.63, 3.8) is 0 Å². The van der Waals surface area contributed by atoms with E-state index in [2.05, 4.69) is 15.3 Å². The summed E-state index contributed by atoms with van der Waals surface area (Å²) in [6.45, 7) is 4.08. The minimum atomic E-state index is 0.0728. The number of aryl methyl sites for hydroxylation is 1. The second-order valence-electron chi connectivity index (χ2n) is 3.27. The Bertz CT molecular complexity index is 326. The first-order chi connectivity index (χ1) is 6.77. The molecule has 1 unspecified atom stereocenters. The van der Waals surface area contributed by atoms with Crippen molar-refractivity contribution < 1.29 is 4.74 Å². The van der Waals surface area contributed by atoms with Crippen LogP contribution in [0.25, 0.3) is 0 Å². The Morgan fingerprint density at radius 3 is 3.21 bits per heavy atom. The van der Waals surface area contributed by atoms with E-state index in [-0.39, 0.29) is 6.04 Å². The van der Waals surface area contributed by atoms with Crippen molar-refractivity contribution >= 4 is 11.6 Å². The van der Waals surface area contributed by atoms with E-state index in [1.54, 1.807) is 6.20 Å². The quantitative estimate of drug-likeness (QED) is 0.759. The minimum absolute atomic E-state index is 0.0728. The van der Waals surface area contributed by atoms with E-state index in [4.69, 9.17) is 16.3 Å². The third kappa shape index (κ3) is 2.03. The van der Waals surface area contributed by atoms with Crippen molar-refractivity contribution in [1.82, 2.24) is 15.3 Å². The van der Waals surface area contributed by atoms with E-state index in [1.807, 2.05) is 6.92 Å². The molecule has 76 valence electrons. The summed E-state index contributed by atoms with van der Waals surface area (Å²) in [6.07, 6.45) is 1.66. The molecule has 0 bridgehead atoms. The maximum Gasteiger partial charge on any atom is 0.152 e. The smallest absolute Gasteiger partial charge is 0.152 e. The Labute approximate surface area is 87.7 Å². The summed E-state index contributed by atoms with van der Waals surface area (Å²) in [7, 11) is 0. The van der Waals surface area contributed by atoms with Crippen LogP contribution in [0, 0.1) is 6.92 Å². The molecule has 2 rings (SSSR count). The number of hydrogen-bond acceptors (Lipinski definition) is 4. The van der Waals surface area contributed by atoms with Gasteiger partial charge in [-0.05, 0) is 6.92 Å². The highest BCUT2D eigenvalue weighted by Gasteiger charge is 2.19. The number of nitrogens with one attached hydrogen (secondary N) is 1. The fourth-order valence-corrected chi connectivity index (χ4v) is 1.67. The molecule has 1 aromatic rings. The molecular weight excluding hydrogens is 202 g/mol. The largest absolute Gasteiger partial charge is 0.378 e. The first kappa shape index (κ1) is 9.83. The normalized spacial score (nSPS) is 22.3. The number of ether oxygens (including phenoxy) is 1. The minimum Gasteiger partial charge on any atom is -0.378 e. The highest BCUT2D eigenvalue weighted by molar-refractivity contribution is 6.30. The van der Waals surface area contributed by atoms with Gasteiger partial charge in [-0.15, -0.1) is 0 Å². The Balaban J connectivity index is 2.24. The van der Waals surface area contributed by atoms with Gasteiger partial charge < -0.3 is 10.1 Å². The maximum atomic E-state index is 5.96. The standard InChI is InChI=1S/C9H12ClN3O/c1-6-4-12-9(10)8(13-6)7-5-14-3-2-11-7/h4,7,11H,2-3,5H2,1H3. The second kappa shape index (κ2) is 4.21. The van der Waals surface area contributed by atoms with Crippen molar-refractivity contribution in [3.05, 3.63) is 22.7 Å². The molecule has 14 heavy (non-hydrogen) atoms. The first-order valence-electron chi connectivity index (χ1n) is 4.57. The van der Waals surface area contributed by atoms with E-state index < -0.39 is 0 Å². The molecule has 1 aromatic heterocycles. The van der Waals surface area contributed by atoms with Gasteiger partial charge in [0.2, 0.25) is 0 Å². The molecule has 5 heteroatoms. The van der Waals surface area contributed by atoms with E-state index in [9.17, 15) is 0 Å². The predicted molar refractivity (Wildman–Crippen MR) is 53.3 cm³/mol. The third-order valence-corrected chi connectivity index (χ3v) is 2.42. The average molecular weight is 214 g/mol. The zero-order chi connectivity index (χ0) is 9.97. The average Bonchev–Trinajstić information content (AvgIpc) is 2.23. The van der Waals surface area contributed by atoms with Gasteiger partial charge in [-0.3, -0.25) is 4.98 Å². The molecule has 1 aliphatic heterocycles. The van der Waals surface area contributed by atoms with Crippen LogP contribution in [0.4, 0.5) is 0 Å². The molecule has 0 aliphatic carbocycles. The third-order valence-electron chi connectivity index (χ3n) is 2.12. The Kier molecular flexibility index (Phi) is 2.96. The van der Waals surface area contributed by atoms with Gasteiger partial charge in [-0.25, -0.2) is 4.98 Å². The topological polar surface area (TPSA) is 47.0 Å². The Hall–Kier alpha value is -0.710. The highest BCUT2D eigenvalue weighted by atomic mass is 35.5. The molecule has 4 nitrogen and oxygen atoms in total. The summed E-state index contributed by atoms with van der Waals surface area (Å²) >= 11 is 5.96. The fourth-order valence-electron chi connectivity index (χ4n) is 1.44. The lowest BCUT2D eigenvalue weighted by atomic mass is 10.2. The summed E-state index contributed by atoms with van der Waals surface area (Å²) in [5.74, 6) is 0. The van der Waals surface area contributed by atoms with Crippen LogP contribution in [0.3, 0.4) is 0 Å². The van der Waals surface area contributed by atoms with Crippen molar-refractivity contribution in [2.24, 2.45) is 0 Å². The van der Waals surface area contributed by atoms with Crippen molar-refractivity contribution in [2.75, 3.05) is 19.8 Å². The van der Waals surface area contributed by atoms with Gasteiger partial charge in [-0.1, -0.05) is 11.6 Å². The van der Waals surface area contributed by atoms with E-state index in [0.29, 0.717) is 11.8 Å². The molecule has 1 N–H and O–H groups in total. The molecule has 0 spiro atoms. The molecule has 0 aromatic carbocycles. The molecular formula is C9H12ClN3O. The van der Waals surface area contributed by atoms with Crippen LogP contribution in [0.1, 0.15) is 17.4 Å². The van der Waals surface area contributed by atoms with Crippen LogP contribution in [-0.4, -0.2) is 29.7 Å². The number of nitrogens with zero attached hydrogens (tertiary/aromatic N) is 2. The summed E-state index contributed by atoms with van der Waals surface area (Å²) in [5.41, 5.74) is 1.66. The van der Waals surface area contributed by atoms with Gasteiger partial charge in [0.05, 0.1) is 30.6 Å². The molecule has 1 fully saturated rings. The number of rotatable bonds is 1. The maximum absolute atomic E-state index is 5.96. The van der Waals surface area contributed by atoms with Crippen LogP contribution in [0.15, 0.2) is 6.20 Å². The monoisotopic (exact) mass is 213 g/mol. The van der Waals surface area contributed by atoms with Gasteiger partial charge in [0.25, 0.3) is 0 Å². The molecule has 0 radical (unpaired) electrons. The van der Waals surface area contributed by atoms with Gasteiger partial charge >= 0.3 is 0 Å². The van der Waals surface area contributed by atoms with Crippen molar-refractivity contribution in [3.8, 4) is 0 Å². The Morgan fingerprint density at radius 2 is 2.50 bits per heavy atom. The van der Waals surface area contributed by atoms with E-state index in [0.717, 1.165) is 24.5 Å². The van der Waals surface area contributed by atoms with Gasteiger partial charge in [0.15, 0.2) is 5.15 Å². The van der Waals surface area contributed by atoms with E-state index in [1.165, 1.54) is 0 Å². The summed E-state index contributed by atoms with van der Waals surface area (Å²) in [4.78, 5) is 8.42.